The highest BCUT2D eigenvalue weighted by atomic mass is 35.5. The Balaban J connectivity index is 1.53. The lowest BCUT2D eigenvalue weighted by Gasteiger charge is -2.36. The average molecular weight is 454 g/mol. The smallest absolute Gasteiger partial charge is 0.320 e. The van der Waals surface area contributed by atoms with Crippen molar-refractivity contribution in [2.45, 2.75) is 13.5 Å². The molecule has 7 nitrogen and oxygen atoms in total. The van der Waals surface area contributed by atoms with Crippen LogP contribution in [0.4, 0.5) is 16.2 Å². The number of fused-ring (bicyclic) bond motifs is 1. The number of nitrogens with zero attached hydrogens (tertiary/aromatic N) is 4. The van der Waals surface area contributed by atoms with Crippen molar-refractivity contribution in [3.05, 3.63) is 59.2 Å². The number of phenols is 1. The van der Waals surface area contributed by atoms with Crippen LogP contribution in [-0.4, -0.2) is 70.6 Å². The monoisotopic (exact) mass is 453 g/mol. The van der Waals surface area contributed by atoms with E-state index in [1.54, 1.807) is 17.2 Å². The van der Waals surface area contributed by atoms with Crippen molar-refractivity contribution in [1.29, 1.82) is 0 Å². The summed E-state index contributed by atoms with van der Waals surface area (Å²) in [6.45, 7) is 6.06. The molecule has 0 unspecified atom stereocenters. The van der Waals surface area contributed by atoms with E-state index in [-0.39, 0.29) is 11.8 Å². The second kappa shape index (κ2) is 9.63. The number of anilines is 2. The van der Waals surface area contributed by atoms with Gasteiger partial charge in [0.05, 0.1) is 12.1 Å². The van der Waals surface area contributed by atoms with Crippen LogP contribution >= 0.6 is 11.6 Å². The highest BCUT2D eigenvalue weighted by Crippen LogP contribution is 2.30. The Labute approximate surface area is 193 Å². The van der Waals surface area contributed by atoms with Crippen molar-refractivity contribution in [1.82, 2.24) is 19.7 Å². The number of amides is 2. The Bertz CT molecular complexity index is 1110. The van der Waals surface area contributed by atoms with E-state index >= 15 is 0 Å². The molecule has 1 aromatic heterocycles. The standard InChI is InChI=1S/C24H28ClN5O2/c1-3-29(24(32)30-12-10-28(2)11-13-30)16-17-14-19(5-7-23(17)31)27-21-8-9-26-22-15-18(25)4-6-20(21)22/h4-9,14-15,31H,3,10-13,16H2,1-2H3,(H,26,27). The van der Waals surface area contributed by atoms with Crippen LogP contribution in [0, 0.1) is 0 Å². The van der Waals surface area contributed by atoms with Crippen LogP contribution in [0.25, 0.3) is 10.9 Å². The molecule has 8 heteroatoms. The van der Waals surface area contributed by atoms with Crippen molar-refractivity contribution < 1.29 is 9.90 Å². The fourth-order valence-corrected chi connectivity index (χ4v) is 4.06. The number of hydrogen-bond donors (Lipinski definition) is 2. The minimum atomic E-state index is 0.00960. The Morgan fingerprint density at radius 2 is 1.94 bits per heavy atom. The molecule has 1 aliphatic rings. The molecule has 3 aromatic rings. The number of pyridine rings is 1. The van der Waals surface area contributed by atoms with Gasteiger partial charge >= 0.3 is 6.03 Å². The molecule has 1 aliphatic heterocycles. The number of piperazine rings is 1. The maximum Gasteiger partial charge on any atom is 0.320 e. The number of urea groups is 1. The van der Waals surface area contributed by atoms with Crippen LogP contribution in [0.15, 0.2) is 48.7 Å². The molecule has 2 amide bonds. The molecule has 1 fully saturated rings. The lowest BCUT2D eigenvalue weighted by atomic mass is 10.1. The van der Waals surface area contributed by atoms with E-state index in [0.717, 1.165) is 48.5 Å². The van der Waals surface area contributed by atoms with Crippen LogP contribution < -0.4 is 5.32 Å². The first-order valence-electron chi connectivity index (χ1n) is 10.8. The molecule has 168 valence electrons. The third-order valence-electron chi connectivity index (χ3n) is 5.85. The second-order valence-corrected chi connectivity index (χ2v) is 8.51. The van der Waals surface area contributed by atoms with Gasteiger partial charge in [-0.3, -0.25) is 4.98 Å². The molecule has 0 spiro atoms. The number of rotatable bonds is 5. The first-order chi connectivity index (χ1) is 15.4. The Hall–Kier alpha value is -3.03. The fraction of sp³-hybridized carbons (Fsp3) is 0.333. The molecule has 1 saturated heterocycles. The van der Waals surface area contributed by atoms with Gasteiger partial charge in [0.25, 0.3) is 0 Å². The molecule has 0 atom stereocenters. The maximum absolute atomic E-state index is 13.0. The third-order valence-corrected chi connectivity index (χ3v) is 6.09. The van der Waals surface area contributed by atoms with Crippen molar-refractivity contribution in [2.24, 2.45) is 0 Å². The largest absolute Gasteiger partial charge is 0.508 e. The summed E-state index contributed by atoms with van der Waals surface area (Å²) in [7, 11) is 2.07. The molecule has 0 saturated carbocycles. The number of carbonyl (C=O) groups is 1. The lowest BCUT2D eigenvalue weighted by Crippen LogP contribution is -2.51. The Morgan fingerprint density at radius 3 is 2.69 bits per heavy atom. The molecule has 4 rings (SSSR count). The van der Waals surface area contributed by atoms with Gasteiger partial charge in [0.2, 0.25) is 0 Å². The summed E-state index contributed by atoms with van der Waals surface area (Å²) in [4.78, 5) is 23.3. The predicted molar refractivity (Wildman–Crippen MR) is 129 cm³/mol. The zero-order valence-electron chi connectivity index (χ0n) is 18.4. The summed E-state index contributed by atoms with van der Waals surface area (Å²) in [6, 6.07) is 12.9. The molecular weight excluding hydrogens is 426 g/mol. The molecule has 0 bridgehead atoms. The SMILES string of the molecule is CCN(Cc1cc(Nc2ccnc3cc(Cl)ccc23)ccc1O)C(=O)N1CCN(C)CC1. The van der Waals surface area contributed by atoms with Gasteiger partial charge in [-0.05, 0) is 56.4 Å². The Kier molecular flexibility index (Phi) is 6.67. The lowest BCUT2D eigenvalue weighted by molar-refractivity contribution is 0.121. The second-order valence-electron chi connectivity index (χ2n) is 8.08. The summed E-state index contributed by atoms with van der Waals surface area (Å²) < 4.78 is 0. The van der Waals surface area contributed by atoms with E-state index in [1.807, 2.05) is 48.2 Å². The summed E-state index contributed by atoms with van der Waals surface area (Å²) >= 11 is 6.09. The van der Waals surface area contributed by atoms with E-state index in [0.29, 0.717) is 23.7 Å². The predicted octanol–water partition coefficient (Wildman–Crippen LogP) is 4.53. The van der Waals surface area contributed by atoms with Crippen molar-refractivity contribution in [3.8, 4) is 5.75 Å². The minimum absolute atomic E-state index is 0.00960. The van der Waals surface area contributed by atoms with Gasteiger partial charge < -0.3 is 25.1 Å². The number of carbonyl (C=O) groups excluding carboxylic acids is 1. The van der Waals surface area contributed by atoms with Crippen molar-refractivity contribution >= 4 is 39.9 Å². The van der Waals surface area contributed by atoms with Crippen LogP contribution in [-0.2, 0) is 6.54 Å². The minimum Gasteiger partial charge on any atom is -0.508 e. The number of nitrogens with one attached hydrogen (secondary N) is 1. The first kappa shape index (κ1) is 22.2. The van der Waals surface area contributed by atoms with Gasteiger partial charge in [-0.2, -0.15) is 0 Å². The third kappa shape index (κ3) is 4.89. The summed E-state index contributed by atoms with van der Waals surface area (Å²) in [5, 5.41) is 15.5. The van der Waals surface area contributed by atoms with E-state index in [9.17, 15) is 9.90 Å². The van der Waals surface area contributed by atoms with Crippen LogP contribution in [0.5, 0.6) is 5.75 Å². The van der Waals surface area contributed by atoms with E-state index in [1.165, 1.54) is 0 Å². The number of phenolic OH excluding ortho intramolecular Hbond substituents is 1. The summed E-state index contributed by atoms with van der Waals surface area (Å²) in [5.41, 5.74) is 3.21. The molecule has 2 aromatic carbocycles. The first-order valence-corrected chi connectivity index (χ1v) is 11.2. The average Bonchev–Trinajstić information content (AvgIpc) is 2.79. The molecule has 0 radical (unpaired) electrons. The van der Waals surface area contributed by atoms with Gasteiger partial charge in [-0.15, -0.1) is 0 Å². The number of likely N-dealkylation sites (N-methyl/N-ethyl adjacent to an activating group) is 1. The number of hydrogen-bond acceptors (Lipinski definition) is 5. The summed E-state index contributed by atoms with van der Waals surface area (Å²) in [6.07, 6.45) is 1.73. The van der Waals surface area contributed by atoms with Crippen LogP contribution in [0.2, 0.25) is 5.02 Å². The molecule has 0 aliphatic carbocycles. The maximum atomic E-state index is 13.0. The number of benzene rings is 2. The molecule has 2 N–H and O–H groups in total. The zero-order chi connectivity index (χ0) is 22.7. The zero-order valence-corrected chi connectivity index (χ0v) is 19.1. The fourth-order valence-electron chi connectivity index (χ4n) is 3.89. The quantitative estimate of drug-likeness (QED) is 0.555. The van der Waals surface area contributed by atoms with Crippen molar-refractivity contribution in [3.63, 3.8) is 0 Å². The van der Waals surface area contributed by atoms with Gasteiger partial charge in [-0.1, -0.05) is 11.6 Å². The van der Waals surface area contributed by atoms with Crippen LogP contribution in [0.1, 0.15) is 12.5 Å². The van der Waals surface area contributed by atoms with Gasteiger partial charge in [0.1, 0.15) is 5.75 Å². The highest BCUT2D eigenvalue weighted by molar-refractivity contribution is 6.31. The van der Waals surface area contributed by atoms with Gasteiger partial charge in [0, 0.05) is 66.3 Å². The van der Waals surface area contributed by atoms with E-state index in [4.69, 9.17) is 11.6 Å². The van der Waals surface area contributed by atoms with E-state index < -0.39 is 0 Å². The van der Waals surface area contributed by atoms with Crippen LogP contribution in [0.3, 0.4) is 0 Å². The number of aromatic hydroxyl groups is 1. The number of aromatic nitrogens is 1. The van der Waals surface area contributed by atoms with Crippen molar-refractivity contribution in [2.75, 3.05) is 45.1 Å². The normalized spacial score (nSPS) is 14.5. The number of halogens is 1. The molecule has 32 heavy (non-hydrogen) atoms. The topological polar surface area (TPSA) is 71.9 Å². The Morgan fingerprint density at radius 1 is 1.16 bits per heavy atom. The molecule has 2 heterocycles. The van der Waals surface area contributed by atoms with E-state index in [2.05, 4.69) is 22.2 Å². The molecular formula is C24H28ClN5O2. The van der Waals surface area contributed by atoms with Gasteiger partial charge in [0.15, 0.2) is 0 Å². The van der Waals surface area contributed by atoms with Gasteiger partial charge in [-0.25, -0.2) is 4.79 Å². The highest BCUT2D eigenvalue weighted by Gasteiger charge is 2.24. The summed E-state index contributed by atoms with van der Waals surface area (Å²) in [5.74, 6) is 0.173.